The third-order valence-electron chi connectivity index (χ3n) is 6.38. The molecule has 3 fully saturated rings. The van der Waals surface area contributed by atoms with Crippen LogP contribution in [0.2, 0.25) is 0 Å². The van der Waals surface area contributed by atoms with E-state index in [1.807, 2.05) is 6.92 Å². The minimum atomic E-state index is -4.64. The van der Waals surface area contributed by atoms with Gasteiger partial charge in [0.2, 0.25) is 5.91 Å². The van der Waals surface area contributed by atoms with Crippen LogP contribution >= 0.6 is 11.8 Å². The molecule has 1 atom stereocenters. The van der Waals surface area contributed by atoms with Crippen LogP contribution in [0.15, 0.2) is 34.7 Å². The fourth-order valence-corrected chi connectivity index (χ4v) is 5.40. The molecule has 1 aromatic rings. The van der Waals surface area contributed by atoms with Crippen LogP contribution in [-0.4, -0.2) is 58.4 Å². The minimum absolute atomic E-state index is 0.0300. The summed E-state index contributed by atoms with van der Waals surface area (Å²) < 4.78 is 39.9. The van der Waals surface area contributed by atoms with Crippen LogP contribution in [-0.2, 0) is 15.8 Å². The van der Waals surface area contributed by atoms with E-state index in [-0.39, 0.29) is 43.4 Å². The molecule has 1 unspecified atom stereocenters. The molecule has 0 bridgehead atoms. The lowest BCUT2D eigenvalue weighted by molar-refractivity contribution is -0.138. The largest absolute Gasteiger partial charge is 0.417 e. The number of thioether (sulfide) groups is 1. The Hall–Kier alpha value is -2.82. The molecule has 35 heavy (non-hydrogen) atoms. The predicted molar refractivity (Wildman–Crippen MR) is 123 cm³/mol. The summed E-state index contributed by atoms with van der Waals surface area (Å²) in [5, 5.41) is 2.30. The number of carbonyl (C=O) groups excluding carboxylic acids is 4. The number of carbonyl (C=O) groups is 4. The van der Waals surface area contributed by atoms with Crippen LogP contribution < -0.4 is 5.32 Å². The van der Waals surface area contributed by atoms with Gasteiger partial charge in [-0.25, -0.2) is 0 Å². The van der Waals surface area contributed by atoms with E-state index in [0.29, 0.717) is 11.5 Å². The lowest BCUT2D eigenvalue weighted by atomic mass is 10.0. The van der Waals surface area contributed by atoms with Gasteiger partial charge in [0.15, 0.2) is 0 Å². The summed E-state index contributed by atoms with van der Waals surface area (Å²) in [5.41, 5.74) is -0.723. The lowest BCUT2D eigenvalue weighted by Gasteiger charge is -2.29. The molecule has 1 aliphatic carbocycles. The van der Waals surface area contributed by atoms with Crippen molar-refractivity contribution in [2.75, 3.05) is 19.6 Å². The number of hydrogen-bond acceptors (Lipinski definition) is 5. The van der Waals surface area contributed by atoms with Gasteiger partial charge in [-0.05, 0) is 61.6 Å². The third-order valence-corrected chi connectivity index (χ3v) is 7.44. The maximum Gasteiger partial charge on any atom is 0.417 e. The Morgan fingerprint density at radius 1 is 1.14 bits per heavy atom. The third kappa shape index (κ3) is 5.88. The summed E-state index contributed by atoms with van der Waals surface area (Å²) in [6.07, 6.45) is -0.919. The SMILES string of the molecule is CC(CC1CC1)NC(=O)CN1C(=O)SC(=C2CCN(C(=O)c3ccccc3C(F)(F)F)CC2)C1=O. The lowest BCUT2D eigenvalue weighted by Crippen LogP contribution is -2.43. The zero-order chi connectivity index (χ0) is 25.3. The Labute approximate surface area is 205 Å². The quantitative estimate of drug-likeness (QED) is 0.581. The highest BCUT2D eigenvalue weighted by Gasteiger charge is 2.40. The first kappa shape index (κ1) is 25.3. The first-order chi connectivity index (χ1) is 16.5. The highest BCUT2D eigenvalue weighted by molar-refractivity contribution is 8.18. The number of alkyl halides is 3. The van der Waals surface area contributed by atoms with Gasteiger partial charge in [0.1, 0.15) is 6.54 Å². The second kappa shape index (κ2) is 10.0. The average molecular weight is 510 g/mol. The maximum atomic E-state index is 13.3. The molecule has 188 valence electrons. The van der Waals surface area contributed by atoms with E-state index >= 15 is 0 Å². The Bertz CT molecular complexity index is 1070. The molecule has 1 aromatic carbocycles. The van der Waals surface area contributed by atoms with E-state index in [1.165, 1.54) is 17.0 Å². The van der Waals surface area contributed by atoms with Crippen molar-refractivity contribution in [3.8, 4) is 0 Å². The van der Waals surface area contributed by atoms with Crippen LogP contribution in [0, 0.1) is 5.92 Å². The van der Waals surface area contributed by atoms with Crippen molar-refractivity contribution in [3.63, 3.8) is 0 Å². The van der Waals surface area contributed by atoms with E-state index in [0.717, 1.165) is 48.1 Å². The van der Waals surface area contributed by atoms with E-state index in [9.17, 15) is 32.3 Å². The molecular weight excluding hydrogens is 483 g/mol. The van der Waals surface area contributed by atoms with E-state index < -0.39 is 40.3 Å². The van der Waals surface area contributed by atoms with Crippen molar-refractivity contribution in [2.45, 2.75) is 51.2 Å². The summed E-state index contributed by atoms with van der Waals surface area (Å²) in [6.45, 7) is 1.81. The number of likely N-dealkylation sites (tertiary alicyclic amines) is 1. The first-order valence-electron chi connectivity index (χ1n) is 11.5. The zero-order valence-electron chi connectivity index (χ0n) is 19.2. The van der Waals surface area contributed by atoms with Gasteiger partial charge >= 0.3 is 6.18 Å². The van der Waals surface area contributed by atoms with Crippen LogP contribution in [0.5, 0.6) is 0 Å². The van der Waals surface area contributed by atoms with E-state index in [2.05, 4.69) is 5.32 Å². The standard InChI is InChI=1S/C24H26F3N3O4S/c1-14(12-15-6-7-15)28-19(31)13-30-22(33)20(35-23(30)34)16-8-10-29(11-9-16)21(32)17-4-2-3-5-18(17)24(25,26)27/h2-5,14-15H,6-13H2,1H3,(H,28,31). The van der Waals surface area contributed by atoms with Crippen LogP contribution in [0.1, 0.15) is 54.9 Å². The van der Waals surface area contributed by atoms with E-state index in [4.69, 9.17) is 0 Å². The van der Waals surface area contributed by atoms with Crippen LogP contribution in [0.4, 0.5) is 18.0 Å². The molecule has 4 amide bonds. The topological polar surface area (TPSA) is 86.8 Å². The molecule has 11 heteroatoms. The maximum absolute atomic E-state index is 13.3. The summed E-state index contributed by atoms with van der Waals surface area (Å²) in [5.74, 6) is -1.02. The summed E-state index contributed by atoms with van der Waals surface area (Å²) >= 11 is 0.767. The fourth-order valence-electron chi connectivity index (χ4n) is 4.42. The predicted octanol–water partition coefficient (Wildman–Crippen LogP) is 4.20. The molecule has 2 aliphatic heterocycles. The Kier molecular flexibility index (Phi) is 7.25. The molecular formula is C24H26F3N3O4S. The van der Waals surface area contributed by atoms with Crippen molar-refractivity contribution < 1.29 is 32.3 Å². The normalized spacial score (nSPS) is 19.9. The molecule has 7 nitrogen and oxygen atoms in total. The van der Waals surface area contributed by atoms with Crippen LogP contribution in [0.25, 0.3) is 0 Å². The number of rotatable bonds is 6. The number of nitrogens with zero attached hydrogens (tertiary/aromatic N) is 2. The Morgan fingerprint density at radius 3 is 2.43 bits per heavy atom. The van der Waals surface area contributed by atoms with Gasteiger partial charge in [0.05, 0.1) is 16.0 Å². The minimum Gasteiger partial charge on any atom is -0.352 e. The van der Waals surface area contributed by atoms with Crippen molar-refractivity contribution in [1.29, 1.82) is 0 Å². The number of piperidine rings is 1. The van der Waals surface area contributed by atoms with Crippen molar-refractivity contribution in [2.24, 2.45) is 5.92 Å². The van der Waals surface area contributed by atoms with Crippen molar-refractivity contribution in [3.05, 3.63) is 45.9 Å². The van der Waals surface area contributed by atoms with Gasteiger partial charge in [-0.3, -0.25) is 24.1 Å². The second-order valence-corrected chi connectivity index (χ2v) is 10.1. The van der Waals surface area contributed by atoms with Gasteiger partial charge in [0, 0.05) is 19.1 Å². The van der Waals surface area contributed by atoms with E-state index in [1.54, 1.807) is 0 Å². The second-order valence-electron chi connectivity index (χ2n) is 9.18. The van der Waals surface area contributed by atoms with Gasteiger partial charge in [-0.1, -0.05) is 25.0 Å². The molecule has 4 rings (SSSR count). The number of halogens is 3. The number of nitrogens with one attached hydrogen (secondary N) is 1. The van der Waals surface area contributed by atoms with Crippen molar-refractivity contribution in [1.82, 2.24) is 15.1 Å². The van der Waals surface area contributed by atoms with Crippen LogP contribution in [0.3, 0.4) is 0 Å². The molecule has 0 spiro atoms. The van der Waals surface area contributed by atoms with Crippen molar-refractivity contribution >= 4 is 34.7 Å². The molecule has 2 saturated heterocycles. The molecule has 0 radical (unpaired) electrons. The average Bonchev–Trinajstić information content (AvgIpc) is 3.58. The Balaban J connectivity index is 1.37. The smallest absolute Gasteiger partial charge is 0.352 e. The molecule has 2 heterocycles. The number of imide groups is 1. The molecule has 1 saturated carbocycles. The van der Waals surface area contributed by atoms with Gasteiger partial charge < -0.3 is 10.2 Å². The highest BCUT2D eigenvalue weighted by Crippen LogP contribution is 2.37. The monoisotopic (exact) mass is 509 g/mol. The number of hydrogen-bond donors (Lipinski definition) is 1. The molecule has 3 aliphatic rings. The fraction of sp³-hybridized carbons (Fsp3) is 0.500. The summed E-state index contributed by atoms with van der Waals surface area (Å²) in [4.78, 5) is 52.9. The summed E-state index contributed by atoms with van der Waals surface area (Å²) in [7, 11) is 0. The molecule has 1 N–H and O–H groups in total. The highest BCUT2D eigenvalue weighted by atomic mass is 32.2. The number of benzene rings is 1. The molecule has 0 aromatic heterocycles. The van der Waals surface area contributed by atoms with Gasteiger partial charge in [-0.15, -0.1) is 0 Å². The number of amides is 4. The zero-order valence-corrected chi connectivity index (χ0v) is 20.0. The first-order valence-corrected chi connectivity index (χ1v) is 12.4. The van der Waals surface area contributed by atoms with Gasteiger partial charge in [0.25, 0.3) is 17.1 Å². The summed E-state index contributed by atoms with van der Waals surface area (Å²) in [6, 6.07) is 4.62. The van der Waals surface area contributed by atoms with Gasteiger partial charge in [-0.2, -0.15) is 13.2 Å². The Morgan fingerprint density at radius 2 is 1.80 bits per heavy atom.